The lowest BCUT2D eigenvalue weighted by molar-refractivity contribution is 0.198. The zero-order valence-electron chi connectivity index (χ0n) is 19.8. The summed E-state index contributed by atoms with van der Waals surface area (Å²) in [7, 11) is 0. The Labute approximate surface area is 205 Å². The Morgan fingerprint density at radius 1 is 0.686 bits per heavy atom. The first-order valence-corrected chi connectivity index (χ1v) is 12.0. The van der Waals surface area contributed by atoms with Gasteiger partial charge in [0.2, 0.25) is 0 Å². The van der Waals surface area contributed by atoms with E-state index in [1.165, 1.54) is 0 Å². The van der Waals surface area contributed by atoms with E-state index in [1.54, 1.807) is 13.0 Å². The van der Waals surface area contributed by atoms with Crippen LogP contribution >= 0.6 is 0 Å². The number of aliphatic hydroxyl groups excluding tert-OH is 2. The molecule has 0 amide bonds. The fourth-order valence-electron chi connectivity index (χ4n) is 4.76. The number of nitrogens with one attached hydrogen (secondary N) is 2. The topological polar surface area (TPSA) is 111 Å². The minimum absolute atomic E-state index is 0.0114. The first kappa shape index (κ1) is 23.1. The third-order valence-electron chi connectivity index (χ3n) is 6.86. The zero-order chi connectivity index (χ0) is 24.5. The second kappa shape index (κ2) is 9.56. The highest BCUT2D eigenvalue weighted by atomic mass is 16.3. The van der Waals surface area contributed by atoms with E-state index in [9.17, 15) is 20.4 Å². The second-order valence-electron chi connectivity index (χ2n) is 9.41. The van der Waals surface area contributed by atoms with Crippen LogP contribution in [0.5, 0.6) is 11.5 Å². The summed E-state index contributed by atoms with van der Waals surface area (Å²) < 4.78 is 0. The van der Waals surface area contributed by atoms with Crippen molar-refractivity contribution >= 4 is 34.1 Å². The number of nitrogens with zero attached hydrogens (tertiary/aromatic N) is 2. The smallest absolute Gasteiger partial charge is 0.145 e. The summed E-state index contributed by atoms with van der Waals surface area (Å²) in [5, 5.41) is 47.3. The first-order chi connectivity index (χ1) is 16.9. The molecule has 2 fully saturated rings. The van der Waals surface area contributed by atoms with Crippen molar-refractivity contribution in [1.82, 2.24) is 0 Å². The van der Waals surface area contributed by atoms with Gasteiger partial charge in [0.25, 0.3) is 0 Å². The molecule has 8 nitrogen and oxygen atoms in total. The number of rotatable bonds is 6. The van der Waals surface area contributed by atoms with Gasteiger partial charge in [-0.1, -0.05) is 0 Å². The lowest BCUT2D eigenvalue weighted by Crippen LogP contribution is -2.20. The van der Waals surface area contributed by atoms with Gasteiger partial charge in [0.15, 0.2) is 0 Å². The normalized spacial score (nSPS) is 19.9. The molecule has 0 saturated carbocycles. The highest BCUT2D eigenvalue weighted by Crippen LogP contribution is 2.42. The summed E-state index contributed by atoms with van der Waals surface area (Å²) in [4.78, 5) is 4.30. The number of hydrogen-bond donors (Lipinski definition) is 6. The van der Waals surface area contributed by atoms with E-state index in [2.05, 4.69) is 20.4 Å². The van der Waals surface area contributed by atoms with Gasteiger partial charge in [-0.05, 0) is 74.4 Å². The summed E-state index contributed by atoms with van der Waals surface area (Å²) >= 11 is 0. The molecule has 2 atom stereocenters. The maximum absolute atomic E-state index is 10.7. The van der Waals surface area contributed by atoms with Gasteiger partial charge < -0.3 is 40.9 Å². The lowest BCUT2D eigenvalue weighted by Gasteiger charge is -2.20. The van der Waals surface area contributed by atoms with Crippen LogP contribution in [0.25, 0.3) is 0 Å². The molecule has 0 bridgehead atoms. The van der Waals surface area contributed by atoms with Crippen molar-refractivity contribution in [3.63, 3.8) is 0 Å². The molecule has 0 aliphatic carbocycles. The fraction of sp³-hybridized carbons (Fsp3) is 0.333. The van der Waals surface area contributed by atoms with E-state index in [4.69, 9.17) is 0 Å². The van der Waals surface area contributed by atoms with Crippen LogP contribution < -0.4 is 20.4 Å². The highest BCUT2D eigenvalue weighted by molar-refractivity contribution is 5.80. The average molecular weight is 477 g/mol. The number of phenolic OH excluding ortho intramolecular Hbond substituents is 2. The molecular weight excluding hydrogens is 444 g/mol. The molecule has 2 unspecified atom stereocenters. The van der Waals surface area contributed by atoms with Crippen molar-refractivity contribution in [2.75, 3.05) is 46.6 Å². The van der Waals surface area contributed by atoms with Gasteiger partial charge in [-0.3, -0.25) is 0 Å². The third-order valence-corrected chi connectivity index (χ3v) is 6.86. The molecule has 2 saturated heterocycles. The number of aromatic hydroxyl groups is 2. The van der Waals surface area contributed by atoms with Crippen molar-refractivity contribution in [2.24, 2.45) is 0 Å². The molecule has 3 aromatic carbocycles. The Bertz CT molecular complexity index is 1090. The van der Waals surface area contributed by atoms with Crippen LogP contribution in [-0.2, 0) is 0 Å². The molecule has 8 heteroatoms. The Kier molecular flexibility index (Phi) is 6.32. The summed E-state index contributed by atoms with van der Waals surface area (Å²) in [6, 6.07) is 17.4. The standard InChI is InChI=1S/C27H32N4O4/c1-17-26(34)24(28-18-2-6-20(7-3-18)30-12-10-22(32)15-30)14-25(27(17)35)29-19-4-8-21(9-5-19)31-13-11-23(33)16-31/h2-9,14,22-23,28-29,32-35H,10-13,15-16H2,1H3. The van der Waals surface area contributed by atoms with Crippen molar-refractivity contribution < 1.29 is 20.4 Å². The van der Waals surface area contributed by atoms with E-state index in [0.29, 0.717) is 30.0 Å². The van der Waals surface area contributed by atoms with Crippen molar-refractivity contribution in [1.29, 1.82) is 0 Å². The molecule has 2 heterocycles. The van der Waals surface area contributed by atoms with Gasteiger partial charge in [0.05, 0.1) is 23.6 Å². The Morgan fingerprint density at radius 3 is 1.43 bits per heavy atom. The van der Waals surface area contributed by atoms with Gasteiger partial charge in [0.1, 0.15) is 11.5 Å². The number of benzene rings is 3. The summed E-state index contributed by atoms with van der Waals surface area (Å²) in [6.45, 7) is 4.62. The van der Waals surface area contributed by atoms with E-state index < -0.39 is 0 Å². The minimum atomic E-state index is -0.278. The highest BCUT2D eigenvalue weighted by Gasteiger charge is 2.21. The number of phenols is 2. The predicted octanol–water partition coefficient (Wildman–Crippen LogP) is 4.04. The summed E-state index contributed by atoms with van der Waals surface area (Å²) in [5.41, 5.74) is 5.04. The predicted molar refractivity (Wildman–Crippen MR) is 140 cm³/mol. The Hall–Kier alpha value is -3.62. The SMILES string of the molecule is Cc1c(O)c(Nc2ccc(N3CCC(O)C3)cc2)cc(Nc2ccc(N3CCC(O)C3)cc2)c1O. The maximum Gasteiger partial charge on any atom is 0.145 e. The van der Waals surface area contributed by atoms with Crippen molar-refractivity contribution in [3.8, 4) is 11.5 Å². The second-order valence-corrected chi connectivity index (χ2v) is 9.41. The molecule has 2 aliphatic rings. The van der Waals surface area contributed by atoms with E-state index >= 15 is 0 Å². The van der Waals surface area contributed by atoms with Gasteiger partial charge in [0, 0.05) is 54.5 Å². The monoisotopic (exact) mass is 476 g/mol. The van der Waals surface area contributed by atoms with E-state index in [-0.39, 0.29) is 23.7 Å². The van der Waals surface area contributed by atoms with Gasteiger partial charge in [-0.2, -0.15) is 0 Å². The molecule has 2 aliphatic heterocycles. The number of β-amino-alcohol motifs (C(OH)–C–C–N with tert-alkyl or cyclic N) is 2. The number of hydrogen-bond acceptors (Lipinski definition) is 8. The summed E-state index contributed by atoms with van der Waals surface area (Å²) in [6.07, 6.45) is 1.00. The van der Waals surface area contributed by atoms with Crippen molar-refractivity contribution in [2.45, 2.75) is 32.0 Å². The molecule has 184 valence electrons. The van der Waals surface area contributed by atoms with Crippen LogP contribution in [0.15, 0.2) is 54.6 Å². The molecule has 0 radical (unpaired) electrons. The van der Waals surface area contributed by atoms with Gasteiger partial charge in [-0.15, -0.1) is 0 Å². The lowest BCUT2D eigenvalue weighted by atomic mass is 10.1. The zero-order valence-corrected chi connectivity index (χ0v) is 19.8. The average Bonchev–Trinajstić information content (AvgIpc) is 3.50. The molecule has 3 aromatic rings. The van der Waals surface area contributed by atoms with Crippen LogP contribution in [0.3, 0.4) is 0 Å². The van der Waals surface area contributed by atoms with E-state index in [1.807, 2.05) is 48.5 Å². The minimum Gasteiger partial charge on any atom is -0.505 e. The van der Waals surface area contributed by atoms with Gasteiger partial charge in [-0.25, -0.2) is 0 Å². The summed E-state index contributed by atoms with van der Waals surface area (Å²) in [5.74, 6) is -0.0227. The number of anilines is 6. The molecule has 0 aromatic heterocycles. The Morgan fingerprint density at radius 2 is 1.09 bits per heavy atom. The van der Waals surface area contributed by atoms with Gasteiger partial charge >= 0.3 is 0 Å². The number of aliphatic hydroxyl groups is 2. The molecule has 6 N–H and O–H groups in total. The quantitative estimate of drug-likeness (QED) is 0.234. The van der Waals surface area contributed by atoms with Crippen LogP contribution in [0.2, 0.25) is 0 Å². The van der Waals surface area contributed by atoms with E-state index in [0.717, 1.165) is 48.7 Å². The molecular formula is C27H32N4O4. The first-order valence-electron chi connectivity index (χ1n) is 12.0. The van der Waals surface area contributed by atoms with Crippen LogP contribution in [-0.4, -0.2) is 58.8 Å². The van der Waals surface area contributed by atoms with Crippen LogP contribution in [0, 0.1) is 6.92 Å². The van der Waals surface area contributed by atoms with Crippen LogP contribution in [0.4, 0.5) is 34.1 Å². The van der Waals surface area contributed by atoms with Crippen molar-refractivity contribution in [3.05, 3.63) is 60.2 Å². The fourth-order valence-corrected chi connectivity index (χ4v) is 4.76. The third kappa shape index (κ3) is 4.94. The molecule has 35 heavy (non-hydrogen) atoms. The maximum atomic E-state index is 10.7. The van der Waals surface area contributed by atoms with Crippen LogP contribution in [0.1, 0.15) is 18.4 Å². The molecule has 5 rings (SSSR count). The Balaban J connectivity index is 1.32. The largest absolute Gasteiger partial charge is 0.505 e. The molecule has 0 spiro atoms.